The Morgan fingerprint density at radius 2 is 1.60 bits per heavy atom. The zero-order chi connectivity index (χ0) is 11.0. The summed E-state index contributed by atoms with van der Waals surface area (Å²) in [6.07, 6.45) is 1.88. The zero-order valence-electron chi connectivity index (χ0n) is 9.70. The van der Waals surface area contributed by atoms with Gasteiger partial charge in [0.05, 0.1) is 16.7 Å². The maximum absolute atomic E-state index is 4.61. The van der Waals surface area contributed by atoms with Crippen LogP contribution in [0, 0.1) is 13.8 Å². The molecule has 0 atom stereocenters. The van der Waals surface area contributed by atoms with Crippen LogP contribution >= 0.6 is 0 Å². The van der Waals surface area contributed by atoms with Crippen molar-refractivity contribution in [3.05, 3.63) is 35.2 Å². The molecule has 0 aliphatic heterocycles. The topological polar surface area (TPSA) is 25.8 Å². The van der Waals surface area contributed by atoms with E-state index in [4.69, 9.17) is 0 Å². The van der Waals surface area contributed by atoms with Gasteiger partial charge in [-0.3, -0.25) is 4.98 Å². The van der Waals surface area contributed by atoms with Gasteiger partial charge in [0.25, 0.3) is 0 Å². The molecule has 0 saturated carbocycles. The van der Waals surface area contributed by atoms with E-state index in [1.165, 1.54) is 11.1 Å². The van der Waals surface area contributed by atoms with E-state index in [1.54, 1.807) is 0 Å². The van der Waals surface area contributed by atoms with Crippen LogP contribution in [0.3, 0.4) is 0 Å². The average molecular weight is 200 g/mol. The van der Waals surface area contributed by atoms with Crippen LogP contribution in [-0.2, 0) is 0 Å². The SMILES string of the molecule is Cc1cc2ncc(C(C)C)nc2cc1C. The van der Waals surface area contributed by atoms with Gasteiger partial charge in [0, 0.05) is 6.20 Å². The molecule has 15 heavy (non-hydrogen) atoms. The van der Waals surface area contributed by atoms with Crippen LogP contribution in [-0.4, -0.2) is 9.97 Å². The lowest BCUT2D eigenvalue weighted by Gasteiger charge is -2.07. The molecule has 1 aromatic heterocycles. The van der Waals surface area contributed by atoms with Crippen molar-refractivity contribution in [3.63, 3.8) is 0 Å². The molecule has 0 N–H and O–H groups in total. The third kappa shape index (κ3) is 1.84. The predicted octanol–water partition coefficient (Wildman–Crippen LogP) is 3.37. The molecule has 2 heteroatoms. The van der Waals surface area contributed by atoms with E-state index in [1.807, 2.05) is 6.20 Å². The molecule has 0 unspecified atom stereocenters. The van der Waals surface area contributed by atoms with Crippen molar-refractivity contribution in [1.29, 1.82) is 0 Å². The Kier molecular flexibility index (Phi) is 2.43. The van der Waals surface area contributed by atoms with Crippen molar-refractivity contribution in [2.45, 2.75) is 33.6 Å². The Labute approximate surface area is 90.4 Å². The Balaban J connectivity index is 2.66. The van der Waals surface area contributed by atoms with Crippen molar-refractivity contribution < 1.29 is 0 Å². The van der Waals surface area contributed by atoms with E-state index in [2.05, 4.69) is 49.8 Å². The summed E-state index contributed by atoms with van der Waals surface area (Å²) in [4.78, 5) is 9.06. The Morgan fingerprint density at radius 3 is 2.20 bits per heavy atom. The molecule has 0 amide bonds. The zero-order valence-corrected chi connectivity index (χ0v) is 9.70. The fourth-order valence-electron chi connectivity index (χ4n) is 1.56. The highest BCUT2D eigenvalue weighted by Crippen LogP contribution is 2.18. The number of rotatable bonds is 1. The van der Waals surface area contributed by atoms with Gasteiger partial charge in [-0.05, 0) is 43.0 Å². The minimum absolute atomic E-state index is 0.434. The normalized spacial score (nSPS) is 11.3. The van der Waals surface area contributed by atoms with Gasteiger partial charge in [0.2, 0.25) is 0 Å². The van der Waals surface area contributed by atoms with Gasteiger partial charge in [-0.15, -0.1) is 0 Å². The molecule has 1 aromatic carbocycles. The lowest BCUT2D eigenvalue weighted by Crippen LogP contribution is -1.96. The van der Waals surface area contributed by atoms with Crippen LogP contribution in [0.25, 0.3) is 11.0 Å². The first-order valence-electron chi connectivity index (χ1n) is 5.32. The molecule has 2 nitrogen and oxygen atoms in total. The van der Waals surface area contributed by atoms with Crippen LogP contribution in [0.5, 0.6) is 0 Å². The third-order valence-corrected chi connectivity index (χ3v) is 2.77. The first-order valence-corrected chi connectivity index (χ1v) is 5.32. The number of hydrogen-bond donors (Lipinski definition) is 0. The van der Waals surface area contributed by atoms with Gasteiger partial charge in [-0.1, -0.05) is 13.8 Å². The molecule has 0 aliphatic rings. The second-order valence-electron chi connectivity index (χ2n) is 4.37. The summed E-state index contributed by atoms with van der Waals surface area (Å²) in [7, 11) is 0. The van der Waals surface area contributed by atoms with Crippen molar-refractivity contribution in [3.8, 4) is 0 Å². The molecular weight excluding hydrogens is 184 g/mol. The fourth-order valence-corrected chi connectivity index (χ4v) is 1.56. The molecule has 0 aliphatic carbocycles. The molecule has 1 heterocycles. The highest BCUT2D eigenvalue weighted by atomic mass is 14.8. The lowest BCUT2D eigenvalue weighted by atomic mass is 10.1. The molecule has 2 aromatic rings. The van der Waals surface area contributed by atoms with Crippen LogP contribution in [0.15, 0.2) is 18.3 Å². The van der Waals surface area contributed by atoms with Crippen molar-refractivity contribution in [1.82, 2.24) is 9.97 Å². The van der Waals surface area contributed by atoms with E-state index < -0.39 is 0 Å². The molecule has 0 spiro atoms. The number of aromatic nitrogens is 2. The highest BCUT2D eigenvalue weighted by Gasteiger charge is 2.04. The summed E-state index contributed by atoms with van der Waals surface area (Å²) in [6.45, 7) is 8.49. The van der Waals surface area contributed by atoms with Crippen LogP contribution in [0.2, 0.25) is 0 Å². The highest BCUT2D eigenvalue weighted by molar-refractivity contribution is 5.76. The molecule has 0 saturated heterocycles. The Morgan fingerprint density at radius 1 is 1.00 bits per heavy atom. The third-order valence-electron chi connectivity index (χ3n) is 2.77. The van der Waals surface area contributed by atoms with Crippen LogP contribution in [0.1, 0.15) is 36.6 Å². The molecule has 0 radical (unpaired) electrons. The number of hydrogen-bond acceptors (Lipinski definition) is 2. The van der Waals surface area contributed by atoms with Gasteiger partial charge in [-0.2, -0.15) is 0 Å². The van der Waals surface area contributed by atoms with E-state index in [0.717, 1.165) is 16.7 Å². The summed E-state index contributed by atoms with van der Waals surface area (Å²) in [6, 6.07) is 4.21. The first kappa shape index (κ1) is 10.1. The molecule has 0 fully saturated rings. The smallest absolute Gasteiger partial charge is 0.0893 e. The van der Waals surface area contributed by atoms with E-state index in [9.17, 15) is 0 Å². The Hall–Kier alpha value is -1.44. The Bertz CT molecular complexity index is 501. The van der Waals surface area contributed by atoms with Gasteiger partial charge in [-0.25, -0.2) is 4.98 Å². The second kappa shape index (κ2) is 3.61. The van der Waals surface area contributed by atoms with E-state index in [-0.39, 0.29) is 0 Å². The maximum Gasteiger partial charge on any atom is 0.0893 e. The van der Waals surface area contributed by atoms with Gasteiger partial charge in [0.15, 0.2) is 0 Å². The maximum atomic E-state index is 4.61. The molecular formula is C13H16N2. The monoisotopic (exact) mass is 200 g/mol. The molecule has 0 bridgehead atoms. The quantitative estimate of drug-likeness (QED) is 0.705. The molecule has 78 valence electrons. The minimum atomic E-state index is 0.434. The predicted molar refractivity (Wildman–Crippen MR) is 63.1 cm³/mol. The summed E-state index contributed by atoms with van der Waals surface area (Å²) in [5, 5.41) is 0. The lowest BCUT2D eigenvalue weighted by molar-refractivity contribution is 0.822. The fraction of sp³-hybridized carbons (Fsp3) is 0.385. The van der Waals surface area contributed by atoms with Gasteiger partial charge >= 0.3 is 0 Å². The number of benzene rings is 1. The summed E-state index contributed by atoms with van der Waals surface area (Å²) in [5.74, 6) is 0.434. The van der Waals surface area contributed by atoms with E-state index >= 15 is 0 Å². The summed E-state index contributed by atoms with van der Waals surface area (Å²) in [5.41, 5.74) is 5.60. The number of aryl methyl sites for hydroxylation is 2. The van der Waals surface area contributed by atoms with Crippen LogP contribution < -0.4 is 0 Å². The summed E-state index contributed by atoms with van der Waals surface area (Å²) < 4.78 is 0. The van der Waals surface area contributed by atoms with Gasteiger partial charge in [0.1, 0.15) is 0 Å². The van der Waals surface area contributed by atoms with Crippen LogP contribution in [0.4, 0.5) is 0 Å². The van der Waals surface area contributed by atoms with Crippen molar-refractivity contribution in [2.75, 3.05) is 0 Å². The number of fused-ring (bicyclic) bond motifs is 1. The molecule has 2 rings (SSSR count). The van der Waals surface area contributed by atoms with E-state index in [0.29, 0.717) is 5.92 Å². The van der Waals surface area contributed by atoms with Crippen molar-refractivity contribution >= 4 is 11.0 Å². The van der Waals surface area contributed by atoms with Gasteiger partial charge < -0.3 is 0 Å². The second-order valence-corrected chi connectivity index (χ2v) is 4.37. The number of nitrogens with zero attached hydrogens (tertiary/aromatic N) is 2. The average Bonchev–Trinajstić information content (AvgIpc) is 2.19. The standard InChI is InChI=1S/C13H16N2/c1-8(2)13-7-14-11-5-9(3)10(4)6-12(11)15-13/h5-8H,1-4H3. The summed E-state index contributed by atoms with van der Waals surface area (Å²) >= 11 is 0. The first-order chi connectivity index (χ1) is 7.08. The largest absolute Gasteiger partial charge is 0.253 e. The van der Waals surface area contributed by atoms with Crippen molar-refractivity contribution in [2.24, 2.45) is 0 Å². The minimum Gasteiger partial charge on any atom is -0.253 e.